The van der Waals surface area contributed by atoms with Gasteiger partial charge in [0.05, 0.1) is 5.02 Å². The highest BCUT2D eigenvalue weighted by Gasteiger charge is 2.33. The molecule has 8 heteroatoms. The number of hydrogen-bond donors (Lipinski definition) is 0. The summed E-state index contributed by atoms with van der Waals surface area (Å²) in [5.74, 6) is -0.832. The summed E-state index contributed by atoms with van der Waals surface area (Å²) in [6.07, 6.45) is -4.90. The van der Waals surface area contributed by atoms with E-state index in [1.54, 1.807) is 0 Å². The predicted octanol–water partition coefficient (Wildman–Crippen LogP) is 3.27. The van der Waals surface area contributed by atoms with Crippen molar-refractivity contribution in [3.05, 3.63) is 21.3 Å². The third kappa shape index (κ3) is 3.25. The summed E-state index contributed by atoms with van der Waals surface area (Å²) in [7, 11) is 0. The van der Waals surface area contributed by atoms with Crippen LogP contribution in [-0.4, -0.2) is 11.3 Å². The van der Waals surface area contributed by atoms with Crippen molar-refractivity contribution in [3.8, 4) is 11.9 Å². The lowest BCUT2D eigenvalue weighted by molar-refractivity contribution is -0.276. The van der Waals surface area contributed by atoms with Crippen molar-refractivity contribution >= 4 is 27.5 Å². The molecule has 0 spiro atoms. The molecule has 1 aromatic heterocycles. The van der Waals surface area contributed by atoms with Crippen LogP contribution >= 0.6 is 27.5 Å². The van der Waals surface area contributed by atoms with E-state index < -0.39 is 12.2 Å². The Balaban J connectivity index is 3.18. The quantitative estimate of drug-likeness (QED) is 0.748. The van der Waals surface area contributed by atoms with Crippen LogP contribution in [0.4, 0.5) is 13.2 Å². The maximum absolute atomic E-state index is 11.9. The van der Waals surface area contributed by atoms with Gasteiger partial charge in [-0.25, -0.2) is 4.98 Å². The molecule has 1 rings (SSSR count). The Morgan fingerprint density at radius 2 is 2.13 bits per heavy atom. The Kier molecular flexibility index (Phi) is 3.42. The first-order valence-electron chi connectivity index (χ1n) is 3.35. The highest BCUT2D eigenvalue weighted by Crippen LogP contribution is 2.30. The van der Waals surface area contributed by atoms with E-state index in [1.807, 2.05) is 0 Å². The molecule has 0 radical (unpaired) electrons. The second kappa shape index (κ2) is 4.24. The van der Waals surface area contributed by atoms with Gasteiger partial charge in [-0.2, -0.15) is 5.26 Å². The van der Waals surface area contributed by atoms with Crippen LogP contribution in [0.25, 0.3) is 0 Å². The summed E-state index contributed by atoms with van der Waals surface area (Å²) in [5.41, 5.74) is -0.388. The van der Waals surface area contributed by atoms with Crippen LogP contribution in [0.1, 0.15) is 5.56 Å². The van der Waals surface area contributed by atoms with E-state index in [1.165, 1.54) is 6.07 Å². The molecule has 0 fully saturated rings. The molecule has 0 amide bonds. The van der Waals surface area contributed by atoms with E-state index >= 15 is 0 Å². The number of nitriles is 1. The van der Waals surface area contributed by atoms with Crippen molar-refractivity contribution in [2.24, 2.45) is 0 Å². The third-order valence-corrected chi connectivity index (χ3v) is 2.35. The molecule has 0 unspecified atom stereocenters. The molecule has 0 bridgehead atoms. The SMILES string of the molecule is N#Cc1cc(Cl)c(Br)nc1OC(F)(F)F. The number of ether oxygens (including phenoxy) is 1. The second-order valence-electron chi connectivity index (χ2n) is 2.27. The Morgan fingerprint density at radius 1 is 1.53 bits per heavy atom. The van der Waals surface area contributed by atoms with E-state index in [0.717, 1.165) is 6.07 Å². The van der Waals surface area contributed by atoms with Gasteiger partial charge in [0.1, 0.15) is 16.2 Å². The van der Waals surface area contributed by atoms with Gasteiger partial charge in [0.2, 0.25) is 5.88 Å². The topological polar surface area (TPSA) is 45.9 Å². The largest absolute Gasteiger partial charge is 0.574 e. The number of halogens is 5. The van der Waals surface area contributed by atoms with Crippen LogP contribution in [0, 0.1) is 11.3 Å². The zero-order valence-electron chi connectivity index (χ0n) is 6.77. The van der Waals surface area contributed by atoms with Crippen molar-refractivity contribution in [1.82, 2.24) is 4.98 Å². The van der Waals surface area contributed by atoms with E-state index in [4.69, 9.17) is 16.9 Å². The summed E-state index contributed by atoms with van der Waals surface area (Å²) < 4.78 is 39.1. The lowest BCUT2D eigenvalue weighted by Crippen LogP contribution is -2.18. The summed E-state index contributed by atoms with van der Waals surface area (Å²) in [6.45, 7) is 0. The average Bonchev–Trinajstić information content (AvgIpc) is 2.08. The maximum Gasteiger partial charge on any atom is 0.574 e. The summed E-state index contributed by atoms with van der Waals surface area (Å²) >= 11 is 8.36. The van der Waals surface area contributed by atoms with E-state index in [2.05, 4.69) is 25.7 Å². The summed E-state index contributed by atoms with van der Waals surface area (Å²) in [4.78, 5) is 3.35. The maximum atomic E-state index is 11.9. The molecule has 0 N–H and O–H groups in total. The molecule has 0 aliphatic rings. The van der Waals surface area contributed by atoms with Gasteiger partial charge >= 0.3 is 6.36 Å². The molecule has 15 heavy (non-hydrogen) atoms. The van der Waals surface area contributed by atoms with Gasteiger partial charge in [-0.3, -0.25) is 0 Å². The lowest BCUT2D eigenvalue weighted by Gasteiger charge is -2.09. The standard InChI is InChI=1S/C7HBrClF3N2O/c8-5-4(9)1-3(2-13)6(14-5)15-7(10,11)12/h1H. The number of aromatic nitrogens is 1. The first-order chi connectivity index (χ1) is 6.83. The number of alkyl halides is 3. The summed E-state index contributed by atoms with van der Waals surface area (Å²) in [6, 6.07) is 2.52. The minimum absolute atomic E-state index is 0.0255. The molecule has 1 aromatic rings. The highest BCUT2D eigenvalue weighted by molar-refractivity contribution is 9.10. The van der Waals surface area contributed by atoms with Crippen molar-refractivity contribution in [2.45, 2.75) is 6.36 Å². The minimum atomic E-state index is -4.90. The number of hydrogen-bond acceptors (Lipinski definition) is 3. The van der Waals surface area contributed by atoms with Crippen molar-refractivity contribution < 1.29 is 17.9 Å². The third-order valence-electron chi connectivity index (χ3n) is 1.23. The van der Waals surface area contributed by atoms with Crippen molar-refractivity contribution in [1.29, 1.82) is 5.26 Å². The minimum Gasteiger partial charge on any atom is -0.386 e. The Morgan fingerprint density at radius 3 is 2.60 bits per heavy atom. The molecule has 0 aliphatic carbocycles. The Labute approximate surface area is 95.6 Å². The predicted molar refractivity (Wildman–Crippen MR) is 48.3 cm³/mol. The molecule has 0 saturated carbocycles. The monoisotopic (exact) mass is 300 g/mol. The van der Waals surface area contributed by atoms with Crippen LogP contribution in [0.15, 0.2) is 10.7 Å². The van der Waals surface area contributed by atoms with Crippen molar-refractivity contribution in [2.75, 3.05) is 0 Å². The molecule has 3 nitrogen and oxygen atoms in total. The zero-order valence-corrected chi connectivity index (χ0v) is 9.11. The second-order valence-corrected chi connectivity index (χ2v) is 3.43. The molecule has 0 aromatic carbocycles. The fraction of sp³-hybridized carbons (Fsp3) is 0.143. The molecule has 0 saturated heterocycles. The van der Waals surface area contributed by atoms with Gasteiger partial charge in [0.25, 0.3) is 0 Å². The molecular formula is C7HBrClF3N2O. The summed E-state index contributed by atoms with van der Waals surface area (Å²) in [5, 5.41) is 8.55. The van der Waals surface area contributed by atoms with Gasteiger partial charge in [-0.1, -0.05) is 11.6 Å². The van der Waals surface area contributed by atoms with Crippen LogP contribution in [0.5, 0.6) is 5.88 Å². The number of pyridine rings is 1. The first-order valence-corrected chi connectivity index (χ1v) is 4.52. The van der Waals surface area contributed by atoms with E-state index in [9.17, 15) is 13.2 Å². The molecular weight excluding hydrogens is 300 g/mol. The van der Waals surface area contributed by atoms with Gasteiger partial charge in [0, 0.05) is 0 Å². The van der Waals surface area contributed by atoms with Crippen LogP contribution in [-0.2, 0) is 0 Å². The van der Waals surface area contributed by atoms with Gasteiger partial charge in [0.15, 0.2) is 0 Å². The Hall–Kier alpha value is -1.00. The zero-order chi connectivity index (χ0) is 11.6. The normalized spacial score (nSPS) is 10.9. The number of nitrogens with zero attached hydrogens (tertiary/aromatic N) is 2. The molecule has 80 valence electrons. The smallest absolute Gasteiger partial charge is 0.386 e. The molecule has 0 aliphatic heterocycles. The van der Waals surface area contributed by atoms with E-state index in [-0.39, 0.29) is 15.2 Å². The number of rotatable bonds is 1. The van der Waals surface area contributed by atoms with Gasteiger partial charge in [-0.05, 0) is 22.0 Å². The fourth-order valence-corrected chi connectivity index (χ4v) is 1.15. The van der Waals surface area contributed by atoms with Crippen LogP contribution in [0.3, 0.4) is 0 Å². The van der Waals surface area contributed by atoms with Crippen LogP contribution in [0.2, 0.25) is 5.02 Å². The lowest BCUT2D eigenvalue weighted by atomic mass is 10.3. The van der Waals surface area contributed by atoms with Gasteiger partial charge in [-0.15, -0.1) is 13.2 Å². The first kappa shape index (κ1) is 12.1. The average molecular weight is 301 g/mol. The van der Waals surface area contributed by atoms with Crippen molar-refractivity contribution in [3.63, 3.8) is 0 Å². The highest BCUT2D eigenvalue weighted by atomic mass is 79.9. The van der Waals surface area contributed by atoms with Crippen LogP contribution < -0.4 is 4.74 Å². The fourth-order valence-electron chi connectivity index (χ4n) is 0.718. The molecule has 1 heterocycles. The Bertz CT molecular complexity index is 429. The van der Waals surface area contributed by atoms with Gasteiger partial charge < -0.3 is 4.74 Å². The van der Waals surface area contributed by atoms with E-state index in [0.29, 0.717) is 0 Å². The molecule has 0 atom stereocenters.